The molecule has 0 amide bonds. The first-order chi connectivity index (χ1) is 6.29. The summed E-state index contributed by atoms with van der Waals surface area (Å²) in [5.41, 5.74) is 1.59. The first-order valence-corrected chi connectivity index (χ1v) is 4.74. The summed E-state index contributed by atoms with van der Waals surface area (Å²) in [4.78, 5) is 10.6. The van der Waals surface area contributed by atoms with E-state index in [1.807, 2.05) is 12.1 Å². The fourth-order valence-electron chi connectivity index (χ4n) is 1.20. The maximum Gasteiger partial charge on any atom is 0.396 e. The second-order valence-electron chi connectivity index (χ2n) is 2.71. The van der Waals surface area contributed by atoms with Gasteiger partial charge in [-0.1, -0.05) is 17.4 Å². The van der Waals surface area contributed by atoms with E-state index in [2.05, 4.69) is 0 Å². The van der Waals surface area contributed by atoms with Crippen LogP contribution in [0.4, 0.5) is 0 Å². The van der Waals surface area contributed by atoms with E-state index in [4.69, 9.17) is 9.52 Å². The molecule has 0 saturated carbocycles. The van der Waals surface area contributed by atoms with Crippen molar-refractivity contribution in [2.75, 3.05) is 6.61 Å². The molecule has 1 aromatic carbocycles. The molecule has 1 heterocycles. The third kappa shape index (κ3) is 1.64. The molecule has 0 spiro atoms. The van der Waals surface area contributed by atoms with Crippen LogP contribution in [0.1, 0.15) is 5.56 Å². The van der Waals surface area contributed by atoms with Crippen LogP contribution in [-0.2, 0) is 6.42 Å². The van der Waals surface area contributed by atoms with E-state index in [0.29, 0.717) is 12.0 Å². The van der Waals surface area contributed by atoms with Crippen molar-refractivity contribution in [3.8, 4) is 0 Å². The molecule has 2 aromatic rings. The Balaban J connectivity index is 2.54. The average Bonchev–Trinajstić information content (AvgIpc) is 2.44. The Labute approximate surface area is 78.2 Å². The van der Waals surface area contributed by atoms with Gasteiger partial charge in [0.25, 0.3) is 0 Å². The molecule has 0 bridgehead atoms. The fraction of sp³-hybridized carbons (Fsp3) is 0.222. The van der Waals surface area contributed by atoms with Gasteiger partial charge in [0.15, 0.2) is 0 Å². The van der Waals surface area contributed by atoms with E-state index >= 15 is 0 Å². The number of aliphatic hydroxyl groups excluding tert-OH is 1. The number of rotatable bonds is 2. The lowest BCUT2D eigenvalue weighted by Gasteiger charge is -1.95. The third-order valence-electron chi connectivity index (χ3n) is 1.80. The molecule has 0 fully saturated rings. The Bertz CT molecular complexity index is 469. The van der Waals surface area contributed by atoms with Gasteiger partial charge in [-0.25, -0.2) is 4.79 Å². The summed E-state index contributed by atoms with van der Waals surface area (Å²) < 4.78 is 5.79. The minimum Gasteiger partial charge on any atom is -0.414 e. The van der Waals surface area contributed by atoms with Crippen molar-refractivity contribution in [2.24, 2.45) is 0 Å². The highest BCUT2D eigenvalue weighted by atomic mass is 32.1. The zero-order chi connectivity index (χ0) is 9.26. The molecule has 0 atom stereocenters. The van der Waals surface area contributed by atoms with Crippen LogP contribution in [0, 0.1) is 0 Å². The molecule has 0 saturated heterocycles. The van der Waals surface area contributed by atoms with Crippen LogP contribution in [0.5, 0.6) is 0 Å². The van der Waals surface area contributed by atoms with Gasteiger partial charge in [-0.2, -0.15) is 0 Å². The van der Waals surface area contributed by atoms with E-state index in [1.54, 1.807) is 6.07 Å². The molecular weight excluding hydrogens is 188 g/mol. The highest BCUT2D eigenvalue weighted by molar-refractivity contribution is 7.16. The van der Waals surface area contributed by atoms with E-state index < -0.39 is 0 Å². The molecule has 0 aliphatic rings. The van der Waals surface area contributed by atoms with E-state index in [-0.39, 0.29) is 11.5 Å². The van der Waals surface area contributed by atoms with Gasteiger partial charge in [-0.05, 0) is 24.1 Å². The molecule has 13 heavy (non-hydrogen) atoms. The van der Waals surface area contributed by atoms with Crippen LogP contribution in [0.25, 0.3) is 10.3 Å². The molecule has 3 nitrogen and oxygen atoms in total. The largest absolute Gasteiger partial charge is 0.414 e. The number of fused-ring (bicyclic) bond motifs is 1. The van der Waals surface area contributed by atoms with Crippen LogP contribution in [0.3, 0.4) is 0 Å². The van der Waals surface area contributed by atoms with Gasteiger partial charge in [0.1, 0.15) is 5.58 Å². The molecule has 0 aliphatic carbocycles. The predicted molar refractivity (Wildman–Crippen MR) is 51.2 cm³/mol. The van der Waals surface area contributed by atoms with E-state index in [0.717, 1.165) is 21.6 Å². The highest BCUT2D eigenvalue weighted by Gasteiger charge is 2.02. The van der Waals surface area contributed by atoms with Gasteiger partial charge >= 0.3 is 4.94 Å². The van der Waals surface area contributed by atoms with Crippen molar-refractivity contribution in [1.29, 1.82) is 0 Å². The van der Waals surface area contributed by atoms with Crippen LogP contribution >= 0.6 is 11.3 Å². The van der Waals surface area contributed by atoms with Crippen LogP contribution in [0.15, 0.2) is 27.4 Å². The second kappa shape index (κ2) is 3.32. The lowest BCUT2D eigenvalue weighted by molar-refractivity contribution is 0.299. The minimum absolute atomic E-state index is 0.111. The summed E-state index contributed by atoms with van der Waals surface area (Å²) in [7, 11) is 0. The summed E-state index contributed by atoms with van der Waals surface area (Å²) >= 11 is 1.09. The monoisotopic (exact) mass is 196 g/mol. The molecule has 68 valence electrons. The Morgan fingerprint density at radius 2 is 2.31 bits per heavy atom. The summed E-state index contributed by atoms with van der Waals surface area (Å²) in [5, 5.41) is 8.71. The topological polar surface area (TPSA) is 50.4 Å². The smallest absolute Gasteiger partial charge is 0.396 e. The molecule has 0 unspecified atom stereocenters. The Morgan fingerprint density at radius 1 is 1.46 bits per heavy atom. The van der Waals surface area contributed by atoms with Gasteiger partial charge < -0.3 is 9.52 Å². The Hall–Kier alpha value is -1.13. The van der Waals surface area contributed by atoms with Gasteiger partial charge in [-0.15, -0.1) is 0 Å². The first-order valence-electron chi connectivity index (χ1n) is 3.93. The molecule has 1 aromatic heterocycles. The van der Waals surface area contributed by atoms with E-state index in [9.17, 15) is 4.79 Å². The zero-order valence-corrected chi connectivity index (χ0v) is 7.63. The number of hydrogen-bond donors (Lipinski definition) is 1. The van der Waals surface area contributed by atoms with Gasteiger partial charge in [0, 0.05) is 6.61 Å². The second-order valence-corrected chi connectivity index (χ2v) is 3.69. The van der Waals surface area contributed by atoms with Gasteiger partial charge in [0.05, 0.1) is 4.70 Å². The number of hydrogen-bond acceptors (Lipinski definition) is 4. The third-order valence-corrected chi connectivity index (χ3v) is 2.60. The Kier molecular flexibility index (Phi) is 2.16. The van der Waals surface area contributed by atoms with Gasteiger partial charge in [-0.3, -0.25) is 0 Å². The van der Waals surface area contributed by atoms with Crippen molar-refractivity contribution in [3.63, 3.8) is 0 Å². The van der Waals surface area contributed by atoms with E-state index in [1.165, 1.54) is 0 Å². The summed E-state index contributed by atoms with van der Waals surface area (Å²) in [6.07, 6.45) is 0.593. The van der Waals surface area contributed by atoms with Crippen molar-refractivity contribution >= 4 is 21.6 Å². The maximum absolute atomic E-state index is 10.9. The lowest BCUT2D eigenvalue weighted by Crippen LogP contribution is -1.88. The summed E-state index contributed by atoms with van der Waals surface area (Å²) in [6, 6.07) is 5.53. The summed E-state index contributed by atoms with van der Waals surface area (Å²) in [5.74, 6) is 0. The predicted octanol–water partition coefficient (Wildman–Crippen LogP) is 1.39. The quantitative estimate of drug-likeness (QED) is 0.789. The molecule has 4 heteroatoms. The fourth-order valence-corrected chi connectivity index (χ4v) is 1.85. The maximum atomic E-state index is 10.9. The lowest BCUT2D eigenvalue weighted by atomic mass is 10.2. The van der Waals surface area contributed by atoms with Gasteiger partial charge in [0.2, 0.25) is 0 Å². The van der Waals surface area contributed by atoms with Crippen molar-refractivity contribution in [2.45, 2.75) is 6.42 Å². The zero-order valence-electron chi connectivity index (χ0n) is 6.82. The van der Waals surface area contributed by atoms with Crippen molar-refractivity contribution in [3.05, 3.63) is 33.5 Å². The SMILES string of the molecule is O=c1oc2cc(CCO)ccc2s1. The number of aliphatic hydroxyl groups is 1. The standard InChI is InChI=1S/C9H8O3S/c10-4-3-6-1-2-8-7(5-6)12-9(11)13-8/h1-2,5,10H,3-4H2. The molecule has 1 N–H and O–H groups in total. The van der Waals surface area contributed by atoms with Crippen LogP contribution < -0.4 is 4.94 Å². The molecule has 0 radical (unpaired) electrons. The molecule has 0 aliphatic heterocycles. The number of benzene rings is 1. The Morgan fingerprint density at radius 3 is 3.08 bits per heavy atom. The normalized spacial score (nSPS) is 10.8. The molecule has 2 rings (SSSR count). The van der Waals surface area contributed by atoms with Crippen LogP contribution in [-0.4, -0.2) is 11.7 Å². The van der Waals surface area contributed by atoms with Crippen molar-refractivity contribution < 1.29 is 9.52 Å². The van der Waals surface area contributed by atoms with Crippen molar-refractivity contribution in [1.82, 2.24) is 0 Å². The van der Waals surface area contributed by atoms with Crippen LogP contribution in [0.2, 0.25) is 0 Å². The first kappa shape index (κ1) is 8.47. The minimum atomic E-state index is -0.281. The highest BCUT2D eigenvalue weighted by Crippen LogP contribution is 2.18. The molecular formula is C9H8O3S. The average molecular weight is 196 g/mol. The summed E-state index contributed by atoms with van der Waals surface area (Å²) in [6.45, 7) is 0.111.